The van der Waals surface area contributed by atoms with Gasteiger partial charge in [0.15, 0.2) is 5.96 Å². The average Bonchev–Trinajstić information content (AvgIpc) is 3.47. The minimum atomic E-state index is 0.188. The maximum Gasteiger partial charge on any atom is 0.234 e. The van der Waals surface area contributed by atoms with Crippen molar-refractivity contribution in [1.82, 2.24) is 25.3 Å². The Hall–Kier alpha value is -1.34. The summed E-state index contributed by atoms with van der Waals surface area (Å²) in [7, 11) is 1.90. The summed E-state index contributed by atoms with van der Waals surface area (Å²) in [4.78, 5) is 24.0. The molecule has 30 heavy (non-hydrogen) atoms. The first-order chi connectivity index (χ1) is 14.7. The number of piperazine rings is 1. The number of carbonyl (C=O) groups excluding carboxylic acids is 1. The van der Waals surface area contributed by atoms with Crippen molar-refractivity contribution in [2.24, 2.45) is 10.9 Å². The fraction of sp³-hybridized carbons (Fsp3) is 0.913. The van der Waals surface area contributed by atoms with Crippen LogP contribution in [0.3, 0.4) is 0 Å². The van der Waals surface area contributed by atoms with Gasteiger partial charge >= 0.3 is 0 Å². The van der Waals surface area contributed by atoms with Crippen molar-refractivity contribution in [1.29, 1.82) is 0 Å². The molecule has 4 aliphatic rings. The number of hydrogen-bond acceptors (Lipinski definition) is 4. The van der Waals surface area contributed by atoms with Crippen LogP contribution in [-0.2, 0) is 4.79 Å². The number of nitrogens with one attached hydrogen (secondary N) is 2. The van der Waals surface area contributed by atoms with Gasteiger partial charge in [0.2, 0.25) is 5.91 Å². The third kappa shape index (κ3) is 6.33. The van der Waals surface area contributed by atoms with Crippen molar-refractivity contribution >= 4 is 11.9 Å². The van der Waals surface area contributed by atoms with Crippen molar-refractivity contribution in [2.75, 3.05) is 59.4 Å². The van der Waals surface area contributed by atoms with Gasteiger partial charge in [-0.25, -0.2) is 0 Å². The lowest BCUT2D eigenvalue weighted by Gasteiger charge is -2.37. The molecular weight excluding hydrogens is 376 g/mol. The summed E-state index contributed by atoms with van der Waals surface area (Å²) in [6.07, 6.45) is 12.1. The van der Waals surface area contributed by atoms with Gasteiger partial charge in [-0.2, -0.15) is 0 Å². The van der Waals surface area contributed by atoms with Crippen LogP contribution in [0.1, 0.15) is 57.8 Å². The SMILES string of the molecule is CN=C(NCC1CCCN1CC1CCCCC1)N1CCN(CC(=O)NC2CC2)CC1. The number of nitrogens with zero attached hydrogens (tertiary/aromatic N) is 4. The molecule has 7 heteroatoms. The summed E-state index contributed by atoms with van der Waals surface area (Å²) in [5, 5.41) is 6.77. The topological polar surface area (TPSA) is 63.2 Å². The van der Waals surface area contributed by atoms with E-state index in [-0.39, 0.29) is 5.91 Å². The second kappa shape index (κ2) is 10.8. The Kier molecular flexibility index (Phi) is 7.88. The average molecular weight is 419 g/mol. The zero-order valence-corrected chi connectivity index (χ0v) is 18.9. The number of carbonyl (C=O) groups is 1. The molecule has 2 aliphatic heterocycles. The van der Waals surface area contributed by atoms with Crippen LogP contribution in [0, 0.1) is 5.92 Å². The first kappa shape index (κ1) is 21.9. The zero-order chi connectivity index (χ0) is 20.8. The van der Waals surface area contributed by atoms with E-state index in [1.54, 1.807) is 0 Å². The fourth-order valence-electron chi connectivity index (χ4n) is 5.43. The Morgan fingerprint density at radius 3 is 2.40 bits per heavy atom. The van der Waals surface area contributed by atoms with E-state index in [0.717, 1.165) is 57.4 Å². The number of likely N-dealkylation sites (tertiary alicyclic amines) is 1. The van der Waals surface area contributed by atoms with Crippen molar-refractivity contribution in [3.63, 3.8) is 0 Å². The van der Waals surface area contributed by atoms with E-state index in [4.69, 9.17) is 0 Å². The Morgan fingerprint density at radius 2 is 1.70 bits per heavy atom. The fourth-order valence-corrected chi connectivity index (χ4v) is 5.43. The lowest BCUT2D eigenvalue weighted by Crippen LogP contribution is -2.55. The van der Waals surface area contributed by atoms with Gasteiger partial charge in [-0.3, -0.25) is 19.6 Å². The minimum Gasteiger partial charge on any atom is -0.355 e. The first-order valence-corrected chi connectivity index (χ1v) is 12.4. The molecule has 2 N–H and O–H groups in total. The molecule has 0 aromatic heterocycles. The predicted molar refractivity (Wildman–Crippen MR) is 122 cm³/mol. The molecule has 2 saturated carbocycles. The zero-order valence-electron chi connectivity index (χ0n) is 18.9. The van der Waals surface area contributed by atoms with E-state index >= 15 is 0 Å². The quantitative estimate of drug-likeness (QED) is 0.485. The Bertz CT molecular complexity index is 578. The molecule has 7 nitrogen and oxygen atoms in total. The summed E-state index contributed by atoms with van der Waals surface area (Å²) < 4.78 is 0. The Labute approximate surface area is 182 Å². The van der Waals surface area contributed by atoms with Crippen LogP contribution in [0.5, 0.6) is 0 Å². The van der Waals surface area contributed by atoms with Crippen LogP contribution < -0.4 is 10.6 Å². The molecular formula is C23H42N6O. The van der Waals surface area contributed by atoms with Gasteiger partial charge in [0.1, 0.15) is 0 Å². The summed E-state index contributed by atoms with van der Waals surface area (Å²) in [6, 6.07) is 1.10. The molecule has 2 aliphatic carbocycles. The standard InChI is InChI=1S/C23H42N6O/c1-24-23(28-14-12-27(13-15-28)18-22(30)26-20-9-10-20)25-16-21-8-5-11-29(21)17-19-6-3-2-4-7-19/h19-21H,2-18H2,1H3,(H,24,25)(H,26,30). The largest absolute Gasteiger partial charge is 0.355 e. The summed E-state index contributed by atoms with van der Waals surface area (Å²) in [6.45, 7) is 7.83. The van der Waals surface area contributed by atoms with E-state index in [0.29, 0.717) is 18.6 Å². The van der Waals surface area contributed by atoms with Gasteiger partial charge in [-0.15, -0.1) is 0 Å². The van der Waals surface area contributed by atoms with E-state index < -0.39 is 0 Å². The van der Waals surface area contributed by atoms with Crippen LogP contribution in [0.2, 0.25) is 0 Å². The highest BCUT2D eigenvalue weighted by Gasteiger charge is 2.29. The molecule has 1 amide bonds. The van der Waals surface area contributed by atoms with E-state index in [2.05, 4.69) is 30.3 Å². The maximum absolute atomic E-state index is 12.0. The molecule has 170 valence electrons. The third-order valence-electron chi connectivity index (χ3n) is 7.41. The van der Waals surface area contributed by atoms with Crippen LogP contribution in [-0.4, -0.2) is 98.1 Å². The maximum atomic E-state index is 12.0. The molecule has 0 bridgehead atoms. The second-order valence-corrected chi connectivity index (χ2v) is 9.83. The van der Waals surface area contributed by atoms with Crippen LogP contribution >= 0.6 is 0 Å². The van der Waals surface area contributed by atoms with Gasteiger partial charge in [-0.05, 0) is 51.0 Å². The summed E-state index contributed by atoms with van der Waals surface area (Å²) >= 11 is 0. The first-order valence-electron chi connectivity index (χ1n) is 12.4. The van der Waals surface area contributed by atoms with Gasteiger partial charge in [0, 0.05) is 58.4 Å². The number of aliphatic imine (C=N–C) groups is 1. The van der Waals surface area contributed by atoms with Crippen molar-refractivity contribution in [2.45, 2.75) is 69.9 Å². The van der Waals surface area contributed by atoms with Crippen LogP contribution in [0.4, 0.5) is 0 Å². The molecule has 1 atom stereocenters. The molecule has 0 radical (unpaired) electrons. The normalized spacial score (nSPS) is 27.4. The molecule has 1 unspecified atom stereocenters. The monoisotopic (exact) mass is 418 g/mol. The Balaban J connectivity index is 1.17. The number of guanidine groups is 1. The number of amides is 1. The molecule has 2 heterocycles. The van der Waals surface area contributed by atoms with Crippen LogP contribution in [0.15, 0.2) is 4.99 Å². The van der Waals surface area contributed by atoms with E-state index in [1.165, 1.54) is 58.0 Å². The highest BCUT2D eigenvalue weighted by molar-refractivity contribution is 5.80. The molecule has 4 rings (SSSR count). The smallest absolute Gasteiger partial charge is 0.234 e. The van der Waals surface area contributed by atoms with Crippen molar-refractivity contribution < 1.29 is 4.79 Å². The van der Waals surface area contributed by atoms with Gasteiger partial charge in [0.25, 0.3) is 0 Å². The van der Waals surface area contributed by atoms with Gasteiger partial charge < -0.3 is 15.5 Å². The van der Waals surface area contributed by atoms with Crippen LogP contribution in [0.25, 0.3) is 0 Å². The van der Waals surface area contributed by atoms with Crippen molar-refractivity contribution in [3.8, 4) is 0 Å². The van der Waals surface area contributed by atoms with E-state index in [1.807, 2.05) is 7.05 Å². The van der Waals surface area contributed by atoms with Gasteiger partial charge in [0.05, 0.1) is 6.54 Å². The molecule has 2 saturated heterocycles. The molecule has 4 fully saturated rings. The second-order valence-electron chi connectivity index (χ2n) is 9.83. The Morgan fingerprint density at radius 1 is 0.933 bits per heavy atom. The lowest BCUT2D eigenvalue weighted by molar-refractivity contribution is -0.122. The summed E-state index contributed by atoms with van der Waals surface area (Å²) in [5.74, 6) is 2.14. The number of rotatable bonds is 7. The molecule has 0 aromatic rings. The highest BCUT2D eigenvalue weighted by atomic mass is 16.2. The molecule has 0 spiro atoms. The minimum absolute atomic E-state index is 0.188. The van der Waals surface area contributed by atoms with Crippen molar-refractivity contribution in [3.05, 3.63) is 0 Å². The lowest BCUT2D eigenvalue weighted by atomic mass is 9.89. The highest BCUT2D eigenvalue weighted by Crippen LogP contribution is 2.27. The molecule has 0 aromatic carbocycles. The number of hydrogen-bond donors (Lipinski definition) is 2. The van der Waals surface area contributed by atoms with Gasteiger partial charge in [-0.1, -0.05) is 19.3 Å². The van der Waals surface area contributed by atoms with E-state index in [9.17, 15) is 4.79 Å². The predicted octanol–water partition coefficient (Wildman–Crippen LogP) is 1.50. The summed E-state index contributed by atoms with van der Waals surface area (Å²) in [5.41, 5.74) is 0. The third-order valence-corrected chi connectivity index (χ3v) is 7.41.